The van der Waals surface area contributed by atoms with E-state index >= 15 is 0 Å². The van der Waals surface area contributed by atoms with E-state index in [0.717, 1.165) is 13.0 Å². The van der Waals surface area contributed by atoms with Gasteiger partial charge in [0.05, 0.1) is 12.5 Å². The highest BCUT2D eigenvalue weighted by molar-refractivity contribution is 7.89. The van der Waals surface area contributed by atoms with E-state index in [4.69, 9.17) is 4.74 Å². The summed E-state index contributed by atoms with van der Waals surface area (Å²) in [6.45, 7) is 1.17. The van der Waals surface area contributed by atoms with Crippen LogP contribution in [0.3, 0.4) is 0 Å². The number of carbonyl (C=O) groups is 1. The molecule has 2 aliphatic heterocycles. The van der Waals surface area contributed by atoms with Gasteiger partial charge in [-0.1, -0.05) is 12.1 Å². The number of likely N-dealkylation sites (tertiary alicyclic amines) is 1. The molecule has 0 unspecified atom stereocenters. The number of piperidine rings is 2. The Hall–Kier alpha value is -1.64. The number of ether oxygens (including phenoxy) is 1. The Morgan fingerprint density at radius 2 is 2.00 bits per heavy atom. The zero-order valence-corrected chi connectivity index (χ0v) is 15.3. The van der Waals surface area contributed by atoms with Crippen LogP contribution >= 0.6 is 0 Å². The second kappa shape index (κ2) is 6.59. The first kappa shape index (κ1) is 18.2. The number of fused-ring (bicyclic) bond motifs is 1. The molecule has 7 nitrogen and oxygen atoms in total. The summed E-state index contributed by atoms with van der Waals surface area (Å²) in [7, 11) is -0.427. The zero-order valence-electron chi connectivity index (χ0n) is 14.5. The van der Waals surface area contributed by atoms with Crippen molar-refractivity contribution >= 4 is 16.0 Å². The minimum absolute atomic E-state index is 0.124. The summed E-state index contributed by atoms with van der Waals surface area (Å²) in [5.74, 6) is -0.520. The first-order valence-electron chi connectivity index (χ1n) is 8.40. The molecule has 1 N–H and O–H groups in total. The van der Waals surface area contributed by atoms with Crippen LogP contribution in [0, 0.1) is 5.41 Å². The van der Waals surface area contributed by atoms with E-state index in [1.807, 2.05) is 11.9 Å². The maximum atomic E-state index is 13.1. The SMILES string of the molecule is COc1ccccc1S(=O)(=O)N1CC[C@@]2(C(=O)O)CCCN(C)[C@@H]2C1. The number of hydrogen-bond acceptors (Lipinski definition) is 5. The fraction of sp³-hybridized carbons (Fsp3) is 0.588. The number of aliphatic carboxylic acids is 1. The molecule has 2 saturated heterocycles. The van der Waals surface area contributed by atoms with Crippen LogP contribution in [0.5, 0.6) is 5.75 Å². The van der Waals surface area contributed by atoms with Gasteiger partial charge in [0.25, 0.3) is 0 Å². The Kier molecular flexibility index (Phi) is 4.78. The Balaban J connectivity index is 1.94. The molecule has 2 aliphatic rings. The van der Waals surface area contributed by atoms with Crippen LogP contribution in [-0.4, -0.2) is 68.5 Å². The number of nitrogens with zero attached hydrogens (tertiary/aromatic N) is 2. The van der Waals surface area contributed by atoms with Crippen LogP contribution in [0.4, 0.5) is 0 Å². The maximum absolute atomic E-state index is 13.1. The van der Waals surface area contributed by atoms with Crippen LogP contribution < -0.4 is 4.74 Å². The van der Waals surface area contributed by atoms with Crippen molar-refractivity contribution in [3.05, 3.63) is 24.3 Å². The van der Waals surface area contributed by atoms with Crippen molar-refractivity contribution in [3.63, 3.8) is 0 Å². The van der Waals surface area contributed by atoms with E-state index in [9.17, 15) is 18.3 Å². The largest absolute Gasteiger partial charge is 0.495 e. The molecule has 138 valence electrons. The summed E-state index contributed by atoms with van der Waals surface area (Å²) in [5.41, 5.74) is -0.861. The fourth-order valence-corrected chi connectivity index (χ4v) is 5.75. The van der Waals surface area contributed by atoms with Crippen molar-refractivity contribution in [3.8, 4) is 5.75 Å². The lowest BCUT2D eigenvalue weighted by Gasteiger charge is -2.51. The summed E-state index contributed by atoms with van der Waals surface area (Å²) in [5, 5.41) is 9.82. The van der Waals surface area contributed by atoms with Crippen molar-refractivity contribution in [2.45, 2.75) is 30.2 Å². The summed E-state index contributed by atoms with van der Waals surface area (Å²) in [6, 6.07) is 6.20. The quantitative estimate of drug-likeness (QED) is 0.861. The number of hydrogen-bond donors (Lipinski definition) is 1. The van der Waals surface area contributed by atoms with E-state index < -0.39 is 21.4 Å². The fourth-order valence-electron chi connectivity index (χ4n) is 4.15. The first-order chi connectivity index (χ1) is 11.8. The minimum Gasteiger partial charge on any atom is -0.495 e. The molecular formula is C17H24N2O5S. The van der Waals surface area contributed by atoms with Gasteiger partial charge >= 0.3 is 5.97 Å². The zero-order chi connectivity index (χ0) is 18.2. The number of methoxy groups -OCH3 is 1. The van der Waals surface area contributed by atoms with Crippen molar-refractivity contribution in [1.82, 2.24) is 9.21 Å². The molecule has 1 aromatic rings. The molecule has 0 aliphatic carbocycles. The number of carboxylic acids is 1. The summed E-state index contributed by atoms with van der Waals surface area (Å²) < 4.78 is 32.8. The third kappa shape index (κ3) is 2.92. The van der Waals surface area contributed by atoms with Gasteiger partial charge in [-0.15, -0.1) is 0 Å². The summed E-state index contributed by atoms with van der Waals surface area (Å²) in [4.78, 5) is 14.1. The third-order valence-electron chi connectivity index (χ3n) is 5.60. The van der Waals surface area contributed by atoms with Gasteiger partial charge in [-0.05, 0) is 45.0 Å². The molecule has 0 saturated carbocycles. The van der Waals surface area contributed by atoms with E-state index in [1.165, 1.54) is 17.5 Å². The lowest BCUT2D eigenvalue weighted by Crippen LogP contribution is -2.63. The number of rotatable bonds is 4. The van der Waals surface area contributed by atoms with Crippen molar-refractivity contribution < 1.29 is 23.1 Å². The summed E-state index contributed by atoms with van der Waals surface area (Å²) >= 11 is 0. The number of sulfonamides is 1. The molecule has 8 heteroatoms. The topological polar surface area (TPSA) is 87.2 Å². The molecule has 0 bridgehead atoms. The predicted molar refractivity (Wildman–Crippen MR) is 92.1 cm³/mol. The van der Waals surface area contributed by atoms with Gasteiger partial charge < -0.3 is 14.7 Å². The average molecular weight is 368 g/mol. The third-order valence-corrected chi connectivity index (χ3v) is 7.50. The van der Waals surface area contributed by atoms with E-state index in [-0.39, 0.29) is 24.0 Å². The van der Waals surface area contributed by atoms with Gasteiger partial charge in [0.1, 0.15) is 10.6 Å². The van der Waals surface area contributed by atoms with Gasteiger partial charge in [0.2, 0.25) is 10.0 Å². The van der Waals surface area contributed by atoms with E-state index in [1.54, 1.807) is 18.2 Å². The minimum atomic E-state index is -3.74. The molecule has 0 aromatic heterocycles. The lowest BCUT2D eigenvalue weighted by atomic mass is 9.69. The Labute approximate surface area is 148 Å². The monoisotopic (exact) mass is 368 g/mol. The molecule has 2 atom stereocenters. The van der Waals surface area contributed by atoms with Crippen molar-refractivity contribution in [2.75, 3.05) is 33.8 Å². The molecule has 0 spiro atoms. The molecule has 3 rings (SSSR count). The molecule has 1 aromatic carbocycles. The van der Waals surface area contributed by atoms with Gasteiger partial charge in [-0.25, -0.2) is 8.42 Å². The van der Waals surface area contributed by atoms with Crippen LogP contribution in [0.2, 0.25) is 0 Å². The van der Waals surface area contributed by atoms with Gasteiger partial charge in [-0.3, -0.25) is 4.79 Å². The molecule has 2 heterocycles. The van der Waals surface area contributed by atoms with Crippen LogP contribution in [-0.2, 0) is 14.8 Å². The van der Waals surface area contributed by atoms with E-state index in [0.29, 0.717) is 18.6 Å². The maximum Gasteiger partial charge on any atom is 0.311 e. The normalized spacial score (nSPS) is 28.3. The second-order valence-corrected chi connectivity index (χ2v) is 8.73. The van der Waals surface area contributed by atoms with Gasteiger partial charge in [-0.2, -0.15) is 4.31 Å². The standard InChI is InChI=1S/C17H24N2O5S/c1-18-10-5-8-17(16(20)21)9-11-19(12-15(17)18)25(22,23)14-7-4-3-6-13(14)24-2/h3-4,6-7,15H,5,8-12H2,1-2H3,(H,20,21)/t15-,17+/m1/s1. The van der Waals surface area contributed by atoms with Crippen LogP contribution in [0.25, 0.3) is 0 Å². The Morgan fingerprint density at radius 1 is 1.28 bits per heavy atom. The highest BCUT2D eigenvalue weighted by atomic mass is 32.2. The molecule has 0 amide bonds. The highest BCUT2D eigenvalue weighted by Gasteiger charge is 2.53. The first-order valence-corrected chi connectivity index (χ1v) is 9.84. The Morgan fingerprint density at radius 3 is 2.68 bits per heavy atom. The lowest BCUT2D eigenvalue weighted by molar-refractivity contribution is -0.160. The smallest absolute Gasteiger partial charge is 0.311 e. The van der Waals surface area contributed by atoms with Crippen LogP contribution in [0.15, 0.2) is 29.2 Å². The average Bonchev–Trinajstić information content (AvgIpc) is 2.61. The molecule has 25 heavy (non-hydrogen) atoms. The molecule has 2 fully saturated rings. The number of carboxylic acid groups (broad SMARTS) is 1. The molecular weight excluding hydrogens is 344 g/mol. The van der Waals surface area contributed by atoms with Gasteiger partial charge in [0, 0.05) is 19.1 Å². The second-order valence-electron chi connectivity index (χ2n) is 6.83. The molecule has 0 radical (unpaired) electrons. The highest BCUT2D eigenvalue weighted by Crippen LogP contribution is 2.43. The van der Waals surface area contributed by atoms with Crippen molar-refractivity contribution in [1.29, 1.82) is 0 Å². The predicted octanol–water partition coefficient (Wildman–Crippen LogP) is 1.25. The van der Waals surface area contributed by atoms with Crippen LogP contribution in [0.1, 0.15) is 19.3 Å². The number of para-hydroxylation sites is 1. The van der Waals surface area contributed by atoms with Gasteiger partial charge in [0.15, 0.2) is 0 Å². The summed E-state index contributed by atoms with van der Waals surface area (Å²) in [6.07, 6.45) is 1.74. The number of likely N-dealkylation sites (N-methyl/N-ethyl adjacent to an activating group) is 1. The van der Waals surface area contributed by atoms with Crippen molar-refractivity contribution in [2.24, 2.45) is 5.41 Å². The van der Waals surface area contributed by atoms with E-state index in [2.05, 4.69) is 0 Å². The Bertz CT molecular complexity index is 766. The number of benzene rings is 1.